The van der Waals surface area contributed by atoms with E-state index in [0.717, 1.165) is 53.8 Å². The highest BCUT2D eigenvalue weighted by atomic mass is 35.5. The van der Waals surface area contributed by atoms with E-state index in [1.807, 2.05) is 23.9 Å². The summed E-state index contributed by atoms with van der Waals surface area (Å²) in [6.45, 7) is 1.82. The first-order valence-corrected chi connectivity index (χ1v) is 9.06. The van der Waals surface area contributed by atoms with Gasteiger partial charge < -0.3 is 5.32 Å². The molecule has 25 heavy (non-hydrogen) atoms. The van der Waals surface area contributed by atoms with E-state index < -0.39 is 0 Å². The van der Waals surface area contributed by atoms with Gasteiger partial charge >= 0.3 is 0 Å². The molecular formula is C19H18Cl2N4. The minimum Gasteiger partial charge on any atom is -0.372 e. The third-order valence-corrected chi connectivity index (χ3v) is 5.10. The van der Waals surface area contributed by atoms with Gasteiger partial charge in [-0.3, -0.25) is 9.67 Å². The van der Waals surface area contributed by atoms with Crippen molar-refractivity contribution in [1.82, 2.24) is 15.1 Å². The number of halogens is 2. The molecule has 0 atom stereocenters. The lowest BCUT2D eigenvalue weighted by Crippen LogP contribution is -2.19. The van der Waals surface area contributed by atoms with Gasteiger partial charge in [0.1, 0.15) is 5.52 Å². The average molecular weight is 373 g/mol. The molecule has 0 radical (unpaired) electrons. The Bertz CT molecular complexity index is 975. The quantitative estimate of drug-likeness (QED) is 0.733. The molecule has 128 valence electrons. The van der Waals surface area contributed by atoms with Gasteiger partial charge in [-0.2, -0.15) is 5.10 Å². The van der Waals surface area contributed by atoms with Crippen molar-refractivity contribution < 1.29 is 0 Å². The van der Waals surface area contributed by atoms with Crippen LogP contribution in [0.3, 0.4) is 0 Å². The second-order valence-electron chi connectivity index (χ2n) is 6.15. The molecule has 1 aliphatic heterocycles. The zero-order chi connectivity index (χ0) is 17.4. The van der Waals surface area contributed by atoms with Gasteiger partial charge in [-0.15, -0.1) is 0 Å². The van der Waals surface area contributed by atoms with Crippen LogP contribution >= 0.6 is 23.2 Å². The molecular weight excluding hydrogens is 355 g/mol. The van der Waals surface area contributed by atoms with Crippen LogP contribution in [0.4, 0.5) is 0 Å². The lowest BCUT2D eigenvalue weighted by atomic mass is 10.0. The van der Waals surface area contributed by atoms with E-state index in [1.54, 1.807) is 6.07 Å². The lowest BCUT2D eigenvalue weighted by Gasteiger charge is -2.06. The van der Waals surface area contributed by atoms with Crippen LogP contribution in [0, 0.1) is 0 Å². The maximum absolute atomic E-state index is 6.42. The van der Waals surface area contributed by atoms with Crippen LogP contribution in [0.15, 0.2) is 41.4 Å². The summed E-state index contributed by atoms with van der Waals surface area (Å²) in [5.74, 6) is 1.09. The number of aryl methyl sites for hydroxylation is 2. The van der Waals surface area contributed by atoms with Crippen LogP contribution in [0.25, 0.3) is 22.0 Å². The Morgan fingerprint density at radius 1 is 1.12 bits per heavy atom. The zero-order valence-corrected chi connectivity index (χ0v) is 15.4. The van der Waals surface area contributed by atoms with Gasteiger partial charge in [0.2, 0.25) is 0 Å². The highest BCUT2D eigenvalue weighted by Crippen LogP contribution is 2.35. The number of rotatable bonds is 4. The Hall–Kier alpha value is -2.04. The number of hydrogen-bond acceptors (Lipinski definition) is 3. The lowest BCUT2D eigenvalue weighted by molar-refractivity contribution is 0.718. The van der Waals surface area contributed by atoms with Crippen molar-refractivity contribution in [2.75, 3.05) is 13.1 Å². The van der Waals surface area contributed by atoms with E-state index in [-0.39, 0.29) is 0 Å². The molecule has 0 spiro atoms. The van der Waals surface area contributed by atoms with Gasteiger partial charge in [-0.1, -0.05) is 47.5 Å². The van der Waals surface area contributed by atoms with E-state index in [1.165, 1.54) is 5.69 Å². The predicted molar refractivity (Wildman–Crippen MR) is 105 cm³/mol. The number of hydrogen-bond donors (Lipinski definition) is 1. The molecule has 1 aliphatic rings. The molecule has 0 saturated heterocycles. The topological polar surface area (TPSA) is 42.2 Å². The number of amidine groups is 1. The molecule has 0 unspecified atom stereocenters. The number of nitrogens with zero attached hydrogens (tertiary/aromatic N) is 3. The van der Waals surface area contributed by atoms with Gasteiger partial charge in [-0.25, -0.2) is 0 Å². The summed E-state index contributed by atoms with van der Waals surface area (Å²) in [6, 6.07) is 11.8. The molecule has 0 amide bonds. The van der Waals surface area contributed by atoms with E-state index in [0.29, 0.717) is 10.0 Å². The summed E-state index contributed by atoms with van der Waals surface area (Å²) >= 11 is 12.4. The molecule has 0 aliphatic carbocycles. The van der Waals surface area contributed by atoms with Crippen molar-refractivity contribution in [1.29, 1.82) is 0 Å². The standard InChI is InChI=1S/C19H18Cl2N4/c1-25-17(7-8-18-22-9-10-23-18)15-4-2-3-14(19(15)24-25)13-6-5-12(20)11-16(13)21/h2-6,11H,7-10H2,1H3,(H,22,23). The van der Waals surface area contributed by atoms with Crippen LogP contribution in [-0.4, -0.2) is 28.7 Å². The van der Waals surface area contributed by atoms with Gasteiger partial charge in [-0.05, 0) is 18.6 Å². The van der Waals surface area contributed by atoms with Crippen LogP contribution < -0.4 is 5.32 Å². The Kier molecular flexibility index (Phi) is 4.40. The second kappa shape index (κ2) is 6.70. The van der Waals surface area contributed by atoms with Gasteiger partial charge in [0.25, 0.3) is 0 Å². The van der Waals surface area contributed by atoms with Gasteiger partial charge in [0.15, 0.2) is 0 Å². The van der Waals surface area contributed by atoms with Gasteiger partial charge in [0.05, 0.1) is 12.4 Å². The van der Waals surface area contributed by atoms with Crippen LogP contribution in [0.5, 0.6) is 0 Å². The normalized spacial score (nSPS) is 14.0. The van der Waals surface area contributed by atoms with E-state index in [9.17, 15) is 0 Å². The Morgan fingerprint density at radius 3 is 2.76 bits per heavy atom. The first-order valence-electron chi connectivity index (χ1n) is 8.30. The molecule has 4 rings (SSSR count). The second-order valence-corrected chi connectivity index (χ2v) is 7.00. The molecule has 3 aromatic rings. The highest BCUT2D eigenvalue weighted by molar-refractivity contribution is 6.36. The zero-order valence-electron chi connectivity index (χ0n) is 13.9. The molecule has 2 aromatic carbocycles. The number of aromatic nitrogens is 2. The van der Waals surface area contributed by atoms with E-state index in [4.69, 9.17) is 28.3 Å². The minimum atomic E-state index is 0.632. The molecule has 0 saturated carbocycles. The third kappa shape index (κ3) is 3.12. The fourth-order valence-electron chi connectivity index (χ4n) is 3.34. The number of benzene rings is 2. The van der Waals surface area contributed by atoms with Gasteiger partial charge in [0, 0.05) is 52.3 Å². The highest BCUT2D eigenvalue weighted by Gasteiger charge is 2.16. The first-order chi connectivity index (χ1) is 12.1. The summed E-state index contributed by atoms with van der Waals surface area (Å²) in [5, 5.41) is 10.5. The smallest absolute Gasteiger partial charge is 0.100 e. The molecule has 0 bridgehead atoms. The number of nitrogens with one attached hydrogen (secondary N) is 1. The molecule has 1 N–H and O–H groups in total. The number of fused-ring (bicyclic) bond motifs is 1. The predicted octanol–water partition coefficient (Wildman–Crippen LogP) is 4.48. The average Bonchev–Trinajstić information content (AvgIpc) is 3.20. The van der Waals surface area contributed by atoms with E-state index in [2.05, 4.69) is 28.5 Å². The van der Waals surface area contributed by atoms with Crippen molar-refractivity contribution in [2.24, 2.45) is 12.0 Å². The largest absolute Gasteiger partial charge is 0.372 e. The van der Waals surface area contributed by atoms with Crippen molar-refractivity contribution in [3.8, 4) is 11.1 Å². The van der Waals surface area contributed by atoms with Crippen LogP contribution in [-0.2, 0) is 13.5 Å². The molecule has 6 heteroatoms. The fraction of sp³-hybridized carbons (Fsp3) is 0.263. The summed E-state index contributed by atoms with van der Waals surface area (Å²) in [6.07, 6.45) is 1.80. The third-order valence-electron chi connectivity index (χ3n) is 4.55. The Morgan fingerprint density at radius 2 is 2.00 bits per heavy atom. The van der Waals surface area contributed by atoms with E-state index >= 15 is 0 Å². The first kappa shape index (κ1) is 16.4. The molecule has 2 heterocycles. The summed E-state index contributed by atoms with van der Waals surface area (Å²) < 4.78 is 1.97. The van der Waals surface area contributed by atoms with Crippen molar-refractivity contribution in [3.05, 3.63) is 52.1 Å². The maximum Gasteiger partial charge on any atom is 0.100 e. The Balaban J connectivity index is 1.76. The van der Waals surface area contributed by atoms with Crippen molar-refractivity contribution in [3.63, 3.8) is 0 Å². The van der Waals surface area contributed by atoms with Crippen LogP contribution in [0.2, 0.25) is 10.0 Å². The minimum absolute atomic E-state index is 0.632. The Labute approximate surface area is 156 Å². The van der Waals surface area contributed by atoms with Crippen molar-refractivity contribution >= 4 is 39.9 Å². The van der Waals surface area contributed by atoms with Crippen LogP contribution in [0.1, 0.15) is 12.1 Å². The number of aliphatic imine (C=N–C) groups is 1. The van der Waals surface area contributed by atoms with Crippen molar-refractivity contribution in [2.45, 2.75) is 12.8 Å². The SMILES string of the molecule is Cn1nc2c(-c3ccc(Cl)cc3Cl)cccc2c1CCC1=NCCN1. The monoisotopic (exact) mass is 372 g/mol. The summed E-state index contributed by atoms with van der Waals surface area (Å²) in [5.41, 5.74) is 4.14. The molecule has 4 nitrogen and oxygen atoms in total. The molecule has 1 aromatic heterocycles. The molecule has 0 fully saturated rings. The summed E-state index contributed by atoms with van der Waals surface area (Å²) in [4.78, 5) is 4.48. The summed E-state index contributed by atoms with van der Waals surface area (Å²) in [7, 11) is 1.99. The fourth-order valence-corrected chi connectivity index (χ4v) is 3.85. The maximum atomic E-state index is 6.42.